The fourth-order valence-corrected chi connectivity index (χ4v) is 6.28. The van der Waals surface area contributed by atoms with E-state index in [0.29, 0.717) is 6.16 Å². The summed E-state index contributed by atoms with van der Waals surface area (Å²) in [4.78, 5) is 0. The Labute approximate surface area is 145 Å². The van der Waals surface area contributed by atoms with Gasteiger partial charge >= 0.3 is 0 Å². The Bertz CT molecular complexity index is 798. The molecule has 0 saturated carbocycles. The molecule has 0 saturated heterocycles. The molecule has 0 spiro atoms. The third-order valence-electron chi connectivity index (χ3n) is 3.76. The Kier molecular flexibility index (Phi) is 5.34. The number of hydrogen-bond donors (Lipinski definition) is 0. The molecule has 3 aromatic rings. The summed E-state index contributed by atoms with van der Waals surface area (Å²) >= 11 is 0. The lowest BCUT2D eigenvalue weighted by Crippen LogP contribution is -2.20. The highest BCUT2D eigenvalue weighted by molar-refractivity contribution is 7.79. The van der Waals surface area contributed by atoms with Crippen molar-refractivity contribution in [2.24, 2.45) is 0 Å². The molecule has 0 aliphatic heterocycles. The van der Waals surface area contributed by atoms with Crippen LogP contribution in [0.2, 0.25) is 0 Å². The first-order valence-corrected chi connectivity index (χ1v) is 12.2. The SMILES string of the molecule is CP(C)(=O)Cc1cccc(P(c2ccccc2)c2ccccc2)c1. The molecule has 0 radical (unpaired) electrons. The van der Waals surface area contributed by atoms with Crippen molar-refractivity contribution in [2.75, 3.05) is 13.3 Å². The molecule has 0 atom stereocenters. The van der Waals surface area contributed by atoms with Gasteiger partial charge in [-0.1, -0.05) is 84.9 Å². The largest absolute Gasteiger partial charge is 0.324 e. The third-order valence-corrected chi connectivity index (χ3v) is 7.31. The van der Waals surface area contributed by atoms with Crippen molar-refractivity contribution >= 4 is 31.0 Å². The zero-order valence-electron chi connectivity index (χ0n) is 14.1. The van der Waals surface area contributed by atoms with Crippen LogP contribution < -0.4 is 15.9 Å². The number of benzene rings is 3. The van der Waals surface area contributed by atoms with Crippen LogP contribution in [0.15, 0.2) is 84.9 Å². The van der Waals surface area contributed by atoms with Crippen molar-refractivity contribution in [1.29, 1.82) is 0 Å². The second kappa shape index (κ2) is 7.47. The average Bonchev–Trinajstić information content (AvgIpc) is 2.56. The van der Waals surface area contributed by atoms with Crippen LogP contribution in [0.4, 0.5) is 0 Å². The van der Waals surface area contributed by atoms with Crippen molar-refractivity contribution in [3.63, 3.8) is 0 Å². The highest BCUT2D eigenvalue weighted by Crippen LogP contribution is 2.41. The maximum atomic E-state index is 12.2. The fraction of sp³-hybridized carbons (Fsp3) is 0.143. The maximum Gasteiger partial charge on any atom is 0.0861 e. The monoisotopic (exact) mass is 352 g/mol. The summed E-state index contributed by atoms with van der Waals surface area (Å²) in [5.74, 6) is 0. The minimum Gasteiger partial charge on any atom is -0.324 e. The van der Waals surface area contributed by atoms with Gasteiger partial charge in [0.1, 0.15) is 0 Å². The van der Waals surface area contributed by atoms with Crippen molar-refractivity contribution in [3.05, 3.63) is 90.5 Å². The lowest BCUT2D eigenvalue weighted by atomic mass is 10.2. The predicted octanol–water partition coefficient (Wildman–Crippen LogP) is 4.57. The van der Waals surface area contributed by atoms with Gasteiger partial charge in [0, 0.05) is 6.16 Å². The molecule has 122 valence electrons. The van der Waals surface area contributed by atoms with E-state index < -0.39 is 15.1 Å². The summed E-state index contributed by atoms with van der Waals surface area (Å²) in [5.41, 5.74) is 1.17. The Hall–Kier alpha value is -1.68. The molecule has 3 aromatic carbocycles. The molecular formula is C21H22OP2. The van der Waals surface area contributed by atoms with Crippen LogP contribution >= 0.6 is 15.1 Å². The van der Waals surface area contributed by atoms with Crippen molar-refractivity contribution < 1.29 is 4.57 Å². The van der Waals surface area contributed by atoms with E-state index in [-0.39, 0.29) is 0 Å². The number of hydrogen-bond acceptors (Lipinski definition) is 1. The summed E-state index contributed by atoms with van der Waals surface area (Å²) in [6.07, 6.45) is 0.660. The number of rotatable bonds is 5. The molecule has 1 nitrogen and oxygen atoms in total. The van der Waals surface area contributed by atoms with Gasteiger partial charge < -0.3 is 4.57 Å². The molecule has 24 heavy (non-hydrogen) atoms. The van der Waals surface area contributed by atoms with Gasteiger partial charge in [-0.05, 0) is 42.7 Å². The van der Waals surface area contributed by atoms with E-state index in [1.165, 1.54) is 21.5 Å². The smallest absolute Gasteiger partial charge is 0.0861 e. The molecule has 0 bridgehead atoms. The first-order valence-electron chi connectivity index (χ1n) is 8.06. The minimum absolute atomic E-state index is 0.593. The zero-order valence-corrected chi connectivity index (χ0v) is 15.9. The highest BCUT2D eigenvalue weighted by Gasteiger charge is 2.17. The van der Waals surface area contributed by atoms with Gasteiger partial charge in [-0.2, -0.15) is 0 Å². The zero-order chi connectivity index (χ0) is 17.0. The Balaban J connectivity index is 2.07. The van der Waals surface area contributed by atoms with Crippen LogP contribution in [0.1, 0.15) is 5.56 Å². The Morgan fingerprint density at radius 3 is 1.71 bits per heavy atom. The van der Waals surface area contributed by atoms with Gasteiger partial charge in [-0.3, -0.25) is 0 Å². The van der Waals surface area contributed by atoms with Crippen LogP contribution in [0.25, 0.3) is 0 Å². The Morgan fingerprint density at radius 2 is 1.21 bits per heavy atom. The van der Waals surface area contributed by atoms with E-state index >= 15 is 0 Å². The van der Waals surface area contributed by atoms with Crippen LogP contribution in [-0.4, -0.2) is 13.3 Å². The average molecular weight is 352 g/mol. The van der Waals surface area contributed by atoms with Crippen molar-refractivity contribution in [1.82, 2.24) is 0 Å². The Morgan fingerprint density at radius 1 is 0.708 bits per heavy atom. The van der Waals surface area contributed by atoms with E-state index in [1.54, 1.807) is 0 Å². The minimum atomic E-state index is -2.07. The second-order valence-electron chi connectivity index (χ2n) is 6.41. The molecule has 0 unspecified atom stereocenters. The van der Waals surface area contributed by atoms with Gasteiger partial charge in [-0.25, -0.2) is 0 Å². The van der Waals surface area contributed by atoms with E-state index in [2.05, 4.69) is 84.9 Å². The topological polar surface area (TPSA) is 17.1 Å². The third kappa shape index (κ3) is 4.44. The molecular weight excluding hydrogens is 330 g/mol. The van der Waals surface area contributed by atoms with Gasteiger partial charge in [0.15, 0.2) is 0 Å². The molecule has 0 amide bonds. The molecule has 0 aliphatic rings. The van der Waals surface area contributed by atoms with Gasteiger partial charge in [0.25, 0.3) is 0 Å². The maximum absolute atomic E-state index is 12.2. The summed E-state index contributed by atoms with van der Waals surface area (Å²) in [7, 11) is -2.67. The summed E-state index contributed by atoms with van der Waals surface area (Å²) < 4.78 is 12.2. The molecule has 0 heterocycles. The van der Waals surface area contributed by atoms with Gasteiger partial charge in [0.05, 0.1) is 7.14 Å². The van der Waals surface area contributed by atoms with Crippen LogP contribution in [-0.2, 0) is 10.7 Å². The molecule has 0 N–H and O–H groups in total. The summed E-state index contributed by atoms with van der Waals surface area (Å²) in [5, 5.41) is 3.99. The molecule has 0 aromatic heterocycles. The van der Waals surface area contributed by atoms with Crippen LogP contribution in [0.3, 0.4) is 0 Å². The fourth-order valence-electron chi connectivity index (χ4n) is 2.83. The first kappa shape index (κ1) is 17.2. The van der Waals surface area contributed by atoms with E-state index in [0.717, 1.165) is 0 Å². The van der Waals surface area contributed by atoms with E-state index in [1.807, 2.05) is 13.3 Å². The highest BCUT2D eigenvalue weighted by atomic mass is 31.2. The molecule has 3 rings (SSSR count). The quantitative estimate of drug-likeness (QED) is 0.615. The van der Waals surface area contributed by atoms with Gasteiger partial charge in [0.2, 0.25) is 0 Å². The van der Waals surface area contributed by atoms with Crippen molar-refractivity contribution in [3.8, 4) is 0 Å². The molecule has 3 heteroatoms. The predicted molar refractivity (Wildman–Crippen MR) is 108 cm³/mol. The summed E-state index contributed by atoms with van der Waals surface area (Å²) in [6.45, 7) is 3.72. The van der Waals surface area contributed by atoms with Crippen LogP contribution in [0.5, 0.6) is 0 Å². The normalized spacial score (nSPS) is 11.6. The summed E-state index contributed by atoms with van der Waals surface area (Å²) in [6, 6.07) is 30.0. The lowest BCUT2D eigenvalue weighted by Gasteiger charge is -2.20. The second-order valence-corrected chi connectivity index (χ2v) is 12.1. The molecule has 0 aliphatic carbocycles. The van der Waals surface area contributed by atoms with E-state index in [4.69, 9.17) is 0 Å². The standard InChI is InChI=1S/C21H22OP2/c1-24(2,22)17-18-10-9-15-21(16-18)23(19-11-5-3-6-12-19)20-13-7-4-8-14-20/h3-16H,17H2,1-2H3. The molecule has 0 fully saturated rings. The van der Waals surface area contributed by atoms with Crippen LogP contribution in [0, 0.1) is 0 Å². The first-order chi connectivity index (χ1) is 11.5. The van der Waals surface area contributed by atoms with E-state index in [9.17, 15) is 4.57 Å². The van der Waals surface area contributed by atoms with Gasteiger partial charge in [-0.15, -0.1) is 0 Å². The lowest BCUT2D eigenvalue weighted by molar-refractivity contribution is 0.582. The van der Waals surface area contributed by atoms with Crippen molar-refractivity contribution in [2.45, 2.75) is 6.16 Å².